The van der Waals surface area contributed by atoms with E-state index in [1.165, 1.54) is 0 Å². The van der Waals surface area contributed by atoms with Gasteiger partial charge in [0.15, 0.2) is 0 Å². The minimum atomic E-state index is -0.617. The van der Waals surface area contributed by atoms with Crippen molar-refractivity contribution >= 4 is 5.69 Å². The van der Waals surface area contributed by atoms with E-state index in [2.05, 4.69) is 5.10 Å². The summed E-state index contributed by atoms with van der Waals surface area (Å²) in [6.07, 6.45) is 2.49. The molecule has 0 unspecified atom stereocenters. The highest BCUT2D eigenvalue weighted by molar-refractivity contribution is 5.68. The van der Waals surface area contributed by atoms with Gasteiger partial charge in [-0.15, -0.1) is 0 Å². The van der Waals surface area contributed by atoms with Gasteiger partial charge in [-0.05, 0) is 19.4 Å². The molecule has 1 aromatic carbocycles. The van der Waals surface area contributed by atoms with Crippen molar-refractivity contribution in [1.29, 1.82) is 0 Å². The molecule has 2 N–H and O–H groups in total. The Bertz CT molecular complexity index is 576. The fourth-order valence-corrected chi connectivity index (χ4v) is 1.92. The fourth-order valence-electron chi connectivity index (χ4n) is 1.92. The molecule has 0 saturated carbocycles. The van der Waals surface area contributed by atoms with E-state index in [0.29, 0.717) is 5.56 Å². The van der Waals surface area contributed by atoms with Crippen molar-refractivity contribution in [3.8, 4) is 11.1 Å². The zero-order valence-corrected chi connectivity index (χ0v) is 10.4. The molecule has 0 saturated heterocycles. The van der Waals surface area contributed by atoms with E-state index >= 15 is 0 Å². The van der Waals surface area contributed by atoms with E-state index in [-0.39, 0.29) is 11.3 Å². The van der Waals surface area contributed by atoms with E-state index in [1.54, 1.807) is 10.9 Å². The summed E-state index contributed by atoms with van der Waals surface area (Å²) in [5, 5.41) is 4.17. The van der Waals surface area contributed by atoms with Crippen LogP contribution in [0.3, 0.4) is 0 Å². The minimum Gasteiger partial charge on any atom is -0.396 e. The van der Waals surface area contributed by atoms with Crippen LogP contribution in [-0.4, -0.2) is 9.78 Å². The zero-order chi connectivity index (χ0) is 13.3. The molecule has 0 aliphatic heterocycles. The predicted octanol–water partition coefficient (Wildman–Crippen LogP) is 3.13. The number of aryl methyl sites for hydroxylation is 1. The number of anilines is 1. The van der Waals surface area contributed by atoms with Crippen LogP contribution in [0, 0.1) is 18.6 Å². The second kappa shape index (κ2) is 4.76. The van der Waals surface area contributed by atoms with Gasteiger partial charge in [0.05, 0.1) is 11.9 Å². The summed E-state index contributed by atoms with van der Waals surface area (Å²) in [7, 11) is 0. The van der Waals surface area contributed by atoms with Gasteiger partial charge in [0.25, 0.3) is 0 Å². The number of nitrogens with two attached hydrogens (primary N) is 1. The first kappa shape index (κ1) is 12.5. The molecular formula is C13H15F2N3. The van der Waals surface area contributed by atoms with E-state index < -0.39 is 11.6 Å². The average Bonchev–Trinajstić information content (AvgIpc) is 2.67. The quantitative estimate of drug-likeness (QED) is 0.852. The van der Waals surface area contributed by atoms with E-state index in [1.807, 2.05) is 13.8 Å². The predicted molar refractivity (Wildman–Crippen MR) is 67.0 cm³/mol. The molecular weight excluding hydrogens is 236 g/mol. The number of nitrogens with zero attached hydrogens (tertiary/aromatic N) is 2. The molecule has 0 aliphatic rings. The number of aromatic nitrogens is 2. The van der Waals surface area contributed by atoms with Crippen molar-refractivity contribution in [3.05, 3.63) is 35.7 Å². The summed E-state index contributed by atoms with van der Waals surface area (Å²) < 4.78 is 29.0. The average molecular weight is 251 g/mol. The van der Waals surface area contributed by atoms with Crippen LogP contribution < -0.4 is 5.73 Å². The number of hydrogen-bond donors (Lipinski definition) is 1. The number of rotatable bonds is 3. The Balaban J connectivity index is 2.52. The van der Waals surface area contributed by atoms with Crippen molar-refractivity contribution in [2.75, 3.05) is 5.73 Å². The molecule has 3 nitrogen and oxygen atoms in total. The lowest BCUT2D eigenvalue weighted by atomic mass is 10.1. The maximum absolute atomic E-state index is 13.8. The third-order valence-electron chi connectivity index (χ3n) is 2.92. The number of nitrogen functional groups attached to an aromatic ring is 1. The Kier molecular flexibility index (Phi) is 3.32. The summed E-state index contributed by atoms with van der Waals surface area (Å²) in [6, 6.07) is 2.12. The van der Waals surface area contributed by atoms with Gasteiger partial charge >= 0.3 is 0 Å². The summed E-state index contributed by atoms with van der Waals surface area (Å²) in [4.78, 5) is 0. The third-order valence-corrected chi connectivity index (χ3v) is 2.92. The van der Waals surface area contributed by atoms with Crippen LogP contribution in [0.4, 0.5) is 14.5 Å². The molecule has 0 fully saturated rings. The molecule has 96 valence electrons. The van der Waals surface area contributed by atoms with Crippen molar-refractivity contribution in [1.82, 2.24) is 9.78 Å². The van der Waals surface area contributed by atoms with Crippen LogP contribution in [0.2, 0.25) is 0 Å². The molecule has 0 bridgehead atoms. The maximum Gasteiger partial charge on any atom is 0.146 e. The topological polar surface area (TPSA) is 43.8 Å². The van der Waals surface area contributed by atoms with E-state index in [9.17, 15) is 8.78 Å². The Morgan fingerprint density at radius 1 is 1.22 bits per heavy atom. The first-order valence-electron chi connectivity index (χ1n) is 5.82. The fraction of sp³-hybridized carbons (Fsp3) is 0.308. The summed E-state index contributed by atoms with van der Waals surface area (Å²) in [5.41, 5.74) is 6.75. The van der Waals surface area contributed by atoms with Crippen molar-refractivity contribution < 1.29 is 8.78 Å². The summed E-state index contributed by atoms with van der Waals surface area (Å²) >= 11 is 0. The first-order chi connectivity index (χ1) is 8.54. The molecule has 1 heterocycles. The highest BCUT2D eigenvalue weighted by Gasteiger charge is 2.14. The smallest absolute Gasteiger partial charge is 0.146 e. The second-order valence-corrected chi connectivity index (χ2v) is 4.22. The van der Waals surface area contributed by atoms with Gasteiger partial charge in [0, 0.05) is 29.4 Å². The standard InChI is InChI=1S/C13H15F2N3/c1-3-4-18-8(2)10(7-17-18)9-5-12(15)13(16)6-11(9)14/h5-7H,3-4,16H2,1-2H3. The lowest BCUT2D eigenvalue weighted by Crippen LogP contribution is -2.01. The van der Waals surface area contributed by atoms with Crippen molar-refractivity contribution in [3.63, 3.8) is 0 Å². The summed E-state index contributed by atoms with van der Waals surface area (Å²) in [5.74, 6) is -1.15. The highest BCUT2D eigenvalue weighted by Crippen LogP contribution is 2.28. The van der Waals surface area contributed by atoms with Gasteiger partial charge in [-0.3, -0.25) is 4.68 Å². The van der Waals surface area contributed by atoms with Crippen LogP contribution in [0.1, 0.15) is 19.0 Å². The largest absolute Gasteiger partial charge is 0.396 e. The van der Waals surface area contributed by atoms with Gasteiger partial charge < -0.3 is 5.73 Å². The highest BCUT2D eigenvalue weighted by atomic mass is 19.1. The van der Waals surface area contributed by atoms with Crippen LogP contribution in [0.5, 0.6) is 0 Å². The zero-order valence-electron chi connectivity index (χ0n) is 10.4. The van der Waals surface area contributed by atoms with Gasteiger partial charge in [-0.25, -0.2) is 8.78 Å². The number of benzene rings is 1. The van der Waals surface area contributed by atoms with Crippen LogP contribution >= 0.6 is 0 Å². The van der Waals surface area contributed by atoms with E-state index in [0.717, 1.165) is 30.8 Å². The van der Waals surface area contributed by atoms with Crippen molar-refractivity contribution in [2.24, 2.45) is 0 Å². The lowest BCUT2D eigenvalue weighted by molar-refractivity contribution is 0.587. The Labute approximate surface area is 104 Å². The molecule has 0 spiro atoms. The molecule has 0 radical (unpaired) electrons. The molecule has 2 aromatic rings. The number of hydrogen-bond acceptors (Lipinski definition) is 2. The number of halogens is 2. The molecule has 2 rings (SSSR count). The minimum absolute atomic E-state index is 0.185. The van der Waals surface area contributed by atoms with E-state index in [4.69, 9.17) is 5.73 Å². The Hall–Kier alpha value is -1.91. The maximum atomic E-state index is 13.8. The van der Waals surface area contributed by atoms with Crippen molar-refractivity contribution in [2.45, 2.75) is 26.8 Å². The van der Waals surface area contributed by atoms with Crippen LogP contribution in [-0.2, 0) is 6.54 Å². The SMILES string of the molecule is CCCn1ncc(-c2cc(F)c(N)cc2F)c1C. The second-order valence-electron chi connectivity index (χ2n) is 4.22. The molecule has 0 aliphatic carbocycles. The normalized spacial score (nSPS) is 10.9. The van der Waals surface area contributed by atoms with Gasteiger partial charge in [-0.1, -0.05) is 6.92 Å². The molecule has 0 amide bonds. The summed E-state index contributed by atoms with van der Waals surface area (Å²) in [6.45, 7) is 4.63. The van der Waals surface area contributed by atoms with Gasteiger partial charge in [-0.2, -0.15) is 5.10 Å². The molecule has 0 atom stereocenters. The monoisotopic (exact) mass is 251 g/mol. The third kappa shape index (κ3) is 2.08. The lowest BCUT2D eigenvalue weighted by Gasteiger charge is -2.06. The van der Waals surface area contributed by atoms with Gasteiger partial charge in [0.1, 0.15) is 11.6 Å². The van der Waals surface area contributed by atoms with Crippen LogP contribution in [0.25, 0.3) is 11.1 Å². The molecule has 5 heteroatoms. The molecule has 1 aromatic heterocycles. The Morgan fingerprint density at radius 3 is 2.61 bits per heavy atom. The molecule has 18 heavy (non-hydrogen) atoms. The first-order valence-corrected chi connectivity index (χ1v) is 5.82. The Morgan fingerprint density at radius 2 is 1.94 bits per heavy atom. The van der Waals surface area contributed by atoms with Crippen LogP contribution in [0.15, 0.2) is 18.3 Å². The van der Waals surface area contributed by atoms with Gasteiger partial charge in [0.2, 0.25) is 0 Å².